The standard InChI is InChI=1S/C15H12ClN3O/c16-12-6-5-10(17)8-13(12)18-14-7-9-3-1-2-4-11(9)15(20)19-14/h1-8H,17H2,(H2,18,19,20). The summed E-state index contributed by atoms with van der Waals surface area (Å²) in [6.45, 7) is 0. The first-order valence-electron chi connectivity index (χ1n) is 6.07. The molecular weight excluding hydrogens is 274 g/mol. The number of benzene rings is 2. The van der Waals surface area contributed by atoms with Crippen molar-refractivity contribution in [2.45, 2.75) is 0 Å². The number of pyridine rings is 1. The number of anilines is 3. The molecule has 0 spiro atoms. The van der Waals surface area contributed by atoms with E-state index in [1.54, 1.807) is 24.3 Å². The van der Waals surface area contributed by atoms with E-state index in [4.69, 9.17) is 17.3 Å². The van der Waals surface area contributed by atoms with Crippen LogP contribution in [0.3, 0.4) is 0 Å². The third kappa shape index (κ3) is 2.33. The number of H-pyrrole nitrogens is 1. The van der Waals surface area contributed by atoms with E-state index >= 15 is 0 Å². The van der Waals surface area contributed by atoms with Gasteiger partial charge in [-0.1, -0.05) is 29.8 Å². The smallest absolute Gasteiger partial charge is 0.257 e. The molecule has 4 nitrogen and oxygen atoms in total. The molecule has 0 saturated carbocycles. The molecule has 20 heavy (non-hydrogen) atoms. The van der Waals surface area contributed by atoms with E-state index in [2.05, 4.69) is 10.3 Å². The zero-order chi connectivity index (χ0) is 14.1. The van der Waals surface area contributed by atoms with E-state index in [1.807, 2.05) is 24.3 Å². The van der Waals surface area contributed by atoms with Gasteiger partial charge in [-0.15, -0.1) is 0 Å². The van der Waals surface area contributed by atoms with Crippen LogP contribution in [-0.2, 0) is 0 Å². The van der Waals surface area contributed by atoms with Gasteiger partial charge in [0.25, 0.3) is 5.56 Å². The fraction of sp³-hybridized carbons (Fsp3) is 0. The largest absolute Gasteiger partial charge is 0.399 e. The first-order valence-corrected chi connectivity index (χ1v) is 6.45. The monoisotopic (exact) mass is 285 g/mol. The summed E-state index contributed by atoms with van der Waals surface area (Å²) in [6, 6.07) is 14.4. The van der Waals surface area contributed by atoms with Crippen LogP contribution in [0.25, 0.3) is 10.8 Å². The van der Waals surface area contributed by atoms with Crippen molar-refractivity contribution in [1.29, 1.82) is 0 Å². The van der Waals surface area contributed by atoms with Gasteiger partial charge in [-0.05, 0) is 35.7 Å². The molecule has 1 heterocycles. The summed E-state index contributed by atoms with van der Waals surface area (Å²) in [7, 11) is 0. The van der Waals surface area contributed by atoms with Crippen molar-refractivity contribution in [3.05, 3.63) is 63.9 Å². The van der Waals surface area contributed by atoms with Gasteiger partial charge in [0.05, 0.1) is 10.7 Å². The maximum atomic E-state index is 12.0. The van der Waals surface area contributed by atoms with Gasteiger partial charge < -0.3 is 16.0 Å². The highest BCUT2D eigenvalue weighted by atomic mass is 35.5. The maximum absolute atomic E-state index is 12.0. The van der Waals surface area contributed by atoms with E-state index in [-0.39, 0.29) is 5.56 Å². The zero-order valence-electron chi connectivity index (χ0n) is 10.5. The summed E-state index contributed by atoms with van der Waals surface area (Å²) in [4.78, 5) is 14.8. The van der Waals surface area contributed by atoms with Gasteiger partial charge in [-0.3, -0.25) is 4.79 Å². The molecule has 0 amide bonds. The van der Waals surface area contributed by atoms with Gasteiger partial charge in [0.1, 0.15) is 5.82 Å². The van der Waals surface area contributed by atoms with Crippen LogP contribution >= 0.6 is 11.6 Å². The number of rotatable bonds is 2. The van der Waals surface area contributed by atoms with E-state index in [9.17, 15) is 4.79 Å². The van der Waals surface area contributed by atoms with Gasteiger partial charge in [-0.2, -0.15) is 0 Å². The zero-order valence-corrected chi connectivity index (χ0v) is 11.2. The molecule has 100 valence electrons. The number of hydrogen-bond donors (Lipinski definition) is 3. The van der Waals surface area contributed by atoms with Gasteiger partial charge in [0.15, 0.2) is 0 Å². The van der Waals surface area contributed by atoms with Crippen LogP contribution in [0.5, 0.6) is 0 Å². The molecule has 3 rings (SSSR count). The van der Waals surface area contributed by atoms with Crippen molar-refractivity contribution in [2.24, 2.45) is 0 Å². The van der Waals surface area contributed by atoms with E-state index in [0.717, 1.165) is 5.39 Å². The highest BCUT2D eigenvalue weighted by molar-refractivity contribution is 6.33. The molecule has 0 atom stereocenters. The number of nitrogens with two attached hydrogens (primary N) is 1. The Morgan fingerprint density at radius 1 is 1.10 bits per heavy atom. The Bertz CT molecular complexity index is 842. The van der Waals surface area contributed by atoms with Crippen molar-refractivity contribution in [1.82, 2.24) is 4.98 Å². The highest BCUT2D eigenvalue weighted by Gasteiger charge is 2.04. The minimum Gasteiger partial charge on any atom is -0.399 e. The molecule has 3 aromatic rings. The number of aromatic amines is 1. The lowest BCUT2D eigenvalue weighted by atomic mass is 10.2. The molecule has 5 heteroatoms. The first-order chi connectivity index (χ1) is 9.63. The van der Waals surface area contributed by atoms with Crippen molar-refractivity contribution in [2.75, 3.05) is 11.1 Å². The average molecular weight is 286 g/mol. The fourth-order valence-electron chi connectivity index (χ4n) is 2.06. The molecule has 0 aliphatic rings. The Morgan fingerprint density at radius 3 is 2.75 bits per heavy atom. The molecule has 0 aliphatic heterocycles. The summed E-state index contributed by atoms with van der Waals surface area (Å²) in [5.74, 6) is 0.571. The molecular formula is C15H12ClN3O. The lowest BCUT2D eigenvalue weighted by Crippen LogP contribution is -2.08. The van der Waals surface area contributed by atoms with Crippen molar-refractivity contribution in [3.8, 4) is 0 Å². The van der Waals surface area contributed by atoms with Crippen LogP contribution in [0.15, 0.2) is 53.3 Å². The SMILES string of the molecule is Nc1ccc(Cl)c(Nc2cc3ccccc3c(=O)[nH]2)c1. The Balaban J connectivity index is 2.07. The summed E-state index contributed by atoms with van der Waals surface area (Å²) < 4.78 is 0. The third-order valence-electron chi connectivity index (χ3n) is 3.01. The Kier molecular flexibility index (Phi) is 3.08. The summed E-state index contributed by atoms with van der Waals surface area (Å²) in [5, 5.41) is 5.12. The molecule has 0 saturated heterocycles. The molecule has 0 radical (unpaired) electrons. The molecule has 0 fully saturated rings. The normalized spacial score (nSPS) is 10.7. The second kappa shape index (κ2) is 4.90. The van der Waals surface area contributed by atoms with E-state index in [0.29, 0.717) is 27.6 Å². The number of hydrogen-bond acceptors (Lipinski definition) is 3. The topological polar surface area (TPSA) is 70.9 Å². The van der Waals surface area contributed by atoms with Crippen LogP contribution in [0.2, 0.25) is 5.02 Å². The fourth-order valence-corrected chi connectivity index (χ4v) is 2.23. The molecule has 0 unspecified atom stereocenters. The summed E-state index contributed by atoms with van der Waals surface area (Å²) in [5.41, 5.74) is 6.83. The van der Waals surface area contributed by atoms with Gasteiger partial charge in [0, 0.05) is 11.1 Å². The van der Waals surface area contributed by atoms with Crippen molar-refractivity contribution >= 4 is 39.6 Å². The van der Waals surface area contributed by atoms with Crippen LogP contribution in [-0.4, -0.2) is 4.98 Å². The van der Waals surface area contributed by atoms with E-state index in [1.165, 1.54) is 0 Å². The minimum atomic E-state index is -0.148. The Labute approximate surface area is 120 Å². The lowest BCUT2D eigenvalue weighted by molar-refractivity contribution is 1.26. The van der Waals surface area contributed by atoms with Crippen LogP contribution < -0.4 is 16.6 Å². The van der Waals surface area contributed by atoms with Crippen LogP contribution in [0.1, 0.15) is 0 Å². The van der Waals surface area contributed by atoms with Crippen molar-refractivity contribution < 1.29 is 0 Å². The van der Waals surface area contributed by atoms with Crippen molar-refractivity contribution in [3.63, 3.8) is 0 Å². The number of nitrogens with one attached hydrogen (secondary N) is 2. The average Bonchev–Trinajstić information content (AvgIpc) is 2.43. The Hall–Kier alpha value is -2.46. The lowest BCUT2D eigenvalue weighted by Gasteiger charge is -2.09. The van der Waals surface area contributed by atoms with Gasteiger partial charge in [0.2, 0.25) is 0 Å². The quantitative estimate of drug-likeness (QED) is 0.631. The number of fused-ring (bicyclic) bond motifs is 1. The minimum absolute atomic E-state index is 0.148. The number of nitrogen functional groups attached to an aromatic ring is 1. The molecule has 0 bridgehead atoms. The number of halogens is 1. The summed E-state index contributed by atoms with van der Waals surface area (Å²) in [6.07, 6.45) is 0. The second-order valence-corrected chi connectivity index (χ2v) is 4.87. The maximum Gasteiger partial charge on any atom is 0.257 e. The molecule has 4 N–H and O–H groups in total. The predicted octanol–water partition coefficient (Wildman–Crippen LogP) is 3.51. The second-order valence-electron chi connectivity index (χ2n) is 4.46. The van der Waals surface area contributed by atoms with Crippen LogP contribution in [0.4, 0.5) is 17.2 Å². The van der Waals surface area contributed by atoms with Gasteiger partial charge in [-0.25, -0.2) is 0 Å². The molecule has 1 aromatic heterocycles. The van der Waals surface area contributed by atoms with Gasteiger partial charge >= 0.3 is 0 Å². The van der Waals surface area contributed by atoms with E-state index < -0.39 is 0 Å². The first kappa shape index (κ1) is 12.6. The summed E-state index contributed by atoms with van der Waals surface area (Å²) >= 11 is 6.09. The Morgan fingerprint density at radius 2 is 1.90 bits per heavy atom. The number of aromatic nitrogens is 1. The third-order valence-corrected chi connectivity index (χ3v) is 3.34. The van der Waals surface area contributed by atoms with Crippen LogP contribution in [0, 0.1) is 0 Å². The molecule has 0 aliphatic carbocycles. The molecule has 2 aromatic carbocycles. The predicted molar refractivity (Wildman–Crippen MR) is 83.7 cm³/mol. The highest BCUT2D eigenvalue weighted by Crippen LogP contribution is 2.27.